The van der Waals surface area contributed by atoms with Gasteiger partial charge in [-0.2, -0.15) is 0 Å². The van der Waals surface area contributed by atoms with Crippen LogP contribution in [0.25, 0.3) is 0 Å². The maximum Gasteiger partial charge on any atom is 0.123 e. The van der Waals surface area contributed by atoms with Crippen LogP contribution in [0.15, 0.2) is 60.7 Å². The van der Waals surface area contributed by atoms with Crippen molar-refractivity contribution in [2.75, 3.05) is 66.1 Å². The van der Waals surface area contributed by atoms with Crippen LogP contribution in [0.3, 0.4) is 0 Å². The van der Waals surface area contributed by atoms with E-state index in [-0.39, 0.29) is 0 Å². The minimum Gasteiger partial charge on any atom is -0.493 e. The normalized spacial score (nSPS) is 12.1. The van der Waals surface area contributed by atoms with Crippen LogP contribution in [0.5, 0.6) is 57.5 Å². The Hall–Kier alpha value is -5.90. The molecule has 10 bridgehead atoms. The van der Waals surface area contributed by atoms with Crippen molar-refractivity contribution in [1.29, 1.82) is 0 Å². The summed E-state index contributed by atoms with van der Waals surface area (Å²) in [5, 5.41) is 0. The van der Waals surface area contributed by atoms with Crippen LogP contribution in [0.4, 0.5) is 0 Å². The van der Waals surface area contributed by atoms with Crippen molar-refractivity contribution in [1.82, 2.24) is 0 Å². The number of unbranched alkanes of at least 4 members (excludes halogenated alkanes) is 70. The van der Waals surface area contributed by atoms with E-state index in [0.29, 0.717) is 98.2 Å². The lowest BCUT2D eigenvalue weighted by Gasteiger charge is -2.22. The van der Waals surface area contributed by atoms with Gasteiger partial charge in [0.1, 0.15) is 57.5 Å². The Balaban J connectivity index is 1.79. The van der Waals surface area contributed by atoms with Gasteiger partial charge >= 0.3 is 0 Å². The number of benzene rings is 5. The lowest BCUT2D eigenvalue weighted by atomic mass is 9.94. The third kappa shape index (κ3) is 61.4. The van der Waals surface area contributed by atoms with E-state index in [1.807, 2.05) is 0 Å². The third-order valence-electron chi connectivity index (χ3n) is 30.7. The second kappa shape index (κ2) is 90.8. The molecule has 0 saturated carbocycles. The highest BCUT2D eigenvalue weighted by molar-refractivity contribution is 5.60. The van der Waals surface area contributed by atoms with E-state index in [0.717, 1.165) is 242 Å². The van der Waals surface area contributed by atoms with Crippen LogP contribution in [0, 0.1) is 0 Å². The van der Waals surface area contributed by atoms with Crippen LogP contribution in [0.1, 0.15) is 639 Å². The Morgan fingerprint density at radius 3 is 0.248 bits per heavy atom. The third-order valence-corrected chi connectivity index (χ3v) is 30.7. The average molecular weight is 2010 g/mol. The molecule has 5 aromatic rings. The molecule has 0 amide bonds. The molecule has 0 aliphatic heterocycles. The first-order valence-corrected chi connectivity index (χ1v) is 63.8. The van der Waals surface area contributed by atoms with Crippen molar-refractivity contribution in [3.05, 3.63) is 116 Å². The molecule has 10 aliphatic rings. The maximum absolute atomic E-state index is 7.53. The van der Waals surface area contributed by atoms with E-state index >= 15 is 0 Å². The van der Waals surface area contributed by atoms with Gasteiger partial charge in [-0.15, -0.1) is 0 Å². The fourth-order valence-corrected chi connectivity index (χ4v) is 21.2. The Kier molecular flexibility index (Phi) is 80.0. The Morgan fingerprint density at radius 2 is 0.172 bits per heavy atom. The smallest absolute Gasteiger partial charge is 0.123 e. The van der Waals surface area contributed by atoms with Gasteiger partial charge in [0.25, 0.3) is 0 Å². The molecule has 0 saturated heterocycles. The maximum atomic E-state index is 7.53. The first-order chi connectivity index (χ1) is 71.7. The molecule has 5 aromatic carbocycles. The molecule has 10 aliphatic carbocycles. The first kappa shape index (κ1) is 128. The van der Waals surface area contributed by atoms with Gasteiger partial charge < -0.3 is 47.4 Å². The molecule has 0 aromatic heterocycles. The molecule has 0 N–H and O–H groups in total. The van der Waals surface area contributed by atoms with Crippen molar-refractivity contribution in [3.8, 4) is 57.5 Å². The fourth-order valence-electron chi connectivity index (χ4n) is 21.2. The number of hydrogen-bond acceptors (Lipinski definition) is 10. The zero-order valence-corrected chi connectivity index (χ0v) is 97.0. The highest BCUT2D eigenvalue weighted by Crippen LogP contribution is 2.45. The molecule has 830 valence electrons. The molecule has 0 unspecified atom stereocenters. The van der Waals surface area contributed by atoms with Crippen molar-refractivity contribution < 1.29 is 47.4 Å². The van der Waals surface area contributed by atoms with Crippen LogP contribution in [-0.4, -0.2) is 66.1 Å². The van der Waals surface area contributed by atoms with Crippen molar-refractivity contribution in [2.24, 2.45) is 0 Å². The number of ether oxygens (including phenoxy) is 10. The Labute approximate surface area is 896 Å². The quantitative estimate of drug-likeness (QED) is 0.0344. The van der Waals surface area contributed by atoms with Crippen molar-refractivity contribution in [2.45, 2.75) is 615 Å². The van der Waals surface area contributed by atoms with Gasteiger partial charge in [-0.25, -0.2) is 0 Å². The topological polar surface area (TPSA) is 92.3 Å². The molecule has 0 atom stereocenters. The van der Waals surface area contributed by atoms with Crippen molar-refractivity contribution >= 4 is 0 Å². The van der Waals surface area contributed by atoms with E-state index in [1.54, 1.807) is 0 Å². The summed E-state index contributed by atoms with van der Waals surface area (Å²) in [5.74, 6) is 9.24. The second-order valence-corrected chi connectivity index (χ2v) is 44.5. The molecule has 0 heterocycles. The average Bonchev–Trinajstić information content (AvgIpc) is 1.78. The Bertz CT molecular complexity index is 3020. The lowest BCUT2D eigenvalue weighted by Crippen LogP contribution is -2.10. The van der Waals surface area contributed by atoms with E-state index in [4.69, 9.17) is 47.4 Å². The summed E-state index contributed by atoms with van der Waals surface area (Å²) in [6.07, 6.45) is 101. The van der Waals surface area contributed by atoms with Gasteiger partial charge in [-0.05, 0) is 125 Å². The minimum atomic E-state index is 0.578. The lowest BCUT2D eigenvalue weighted by molar-refractivity contribution is 0.287. The largest absolute Gasteiger partial charge is 0.493 e. The van der Waals surface area contributed by atoms with Crippen molar-refractivity contribution in [3.63, 3.8) is 0 Å². The summed E-state index contributed by atoms with van der Waals surface area (Å²) < 4.78 is 75.3. The van der Waals surface area contributed by atoms with E-state index in [2.05, 4.69) is 130 Å². The molecular formula is C135H230O10. The van der Waals surface area contributed by atoms with Gasteiger partial charge in [-0.1, -0.05) is 519 Å². The molecule has 0 spiro atoms. The van der Waals surface area contributed by atoms with E-state index in [1.165, 1.54) is 385 Å². The van der Waals surface area contributed by atoms with Gasteiger partial charge in [0.2, 0.25) is 0 Å². The standard InChI is InChI=1S/C135H230O10/c1-11-21-31-41-51-61-71-81-91-136-126-106-117-102-119-109-131(141-96-86-76-66-56-46-36-26-16-6)121(111-130(119)140-95-85-75-65-55-45-35-25-15-5)104-123-113-135(145-100-90-80-70-60-50-40-30-20-10)125(115-134(123)144-99-89-79-69-59-49-39-29-19-9)105-124-114-132(142-97-87-77-67-57-47-37-27-17-7)122(112-133(124)143-98-88-78-68-58-48-38-28-18-8)103-120-110-128(138-93-83-73-63-53-43-33-23-13-3)118(108-129(120)139-94-84-74-64-54-44-34-24-14-4)101-116(126)107-127(117)137-92-82-72-62-52-42-32-22-12-2/h106-115H,11-105H2,1-10H3. The highest BCUT2D eigenvalue weighted by Gasteiger charge is 2.27. The van der Waals surface area contributed by atoms with Crippen LogP contribution in [-0.2, 0) is 32.1 Å². The Morgan fingerprint density at radius 1 is 0.103 bits per heavy atom. The zero-order valence-electron chi connectivity index (χ0n) is 97.0. The first-order valence-electron chi connectivity index (χ1n) is 63.8. The minimum absolute atomic E-state index is 0.578. The fraction of sp³-hybridized carbons (Fsp3) is 0.778. The molecule has 0 fully saturated rings. The number of rotatable bonds is 100. The summed E-state index contributed by atoms with van der Waals surface area (Å²) in [6, 6.07) is 24.1. The van der Waals surface area contributed by atoms with E-state index < -0.39 is 0 Å². The summed E-state index contributed by atoms with van der Waals surface area (Å²) >= 11 is 0. The molecule has 145 heavy (non-hydrogen) atoms. The van der Waals surface area contributed by atoms with Gasteiger partial charge in [0, 0.05) is 87.7 Å². The predicted molar refractivity (Wildman–Crippen MR) is 627 cm³/mol. The second-order valence-electron chi connectivity index (χ2n) is 44.5. The SMILES string of the molecule is CCCCCCCCCCOc1cc2c(OCCCCCCCCCC)cc1Cc1cc(OCCCCCCCCCC)c(cc1OCCCCCCCCCC)Cc1cc(OCCCCCCCCCC)c(cc1OCCCCCCCCCC)Cc1cc(OCCCCCCCCCC)c(cc1OCCCCCCCCCC)Cc1cc(OCCCCCCCCCC)c(cc1OCCCCCCCCCC)C2. The zero-order chi connectivity index (χ0) is 103. The predicted octanol–water partition coefficient (Wildman–Crippen LogP) is 43.1. The molecule has 10 nitrogen and oxygen atoms in total. The molecule has 10 heteroatoms. The van der Waals surface area contributed by atoms with Gasteiger partial charge in [0.05, 0.1) is 66.1 Å². The summed E-state index contributed by atoms with van der Waals surface area (Å²) in [7, 11) is 0. The van der Waals surface area contributed by atoms with Crippen LogP contribution in [0.2, 0.25) is 0 Å². The number of hydrogen-bond donors (Lipinski definition) is 0. The monoisotopic (exact) mass is 2010 g/mol. The summed E-state index contributed by atoms with van der Waals surface area (Å²) in [5.41, 5.74) is 11.2. The van der Waals surface area contributed by atoms with Crippen LogP contribution < -0.4 is 47.4 Å². The summed E-state index contributed by atoms with van der Waals surface area (Å²) in [6.45, 7) is 29.6. The molecule has 15 rings (SSSR count). The summed E-state index contributed by atoms with van der Waals surface area (Å²) in [4.78, 5) is 0. The van der Waals surface area contributed by atoms with Gasteiger partial charge in [-0.3, -0.25) is 0 Å². The van der Waals surface area contributed by atoms with E-state index in [9.17, 15) is 0 Å². The molecule has 0 radical (unpaired) electrons. The highest BCUT2D eigenvalue weighted by atomic mass is 16.5. The van der Waals surface area contributed by atoms with Crippen LogP contribution >= 0.6 is 0 Å². The molecular weight excluding hydrogens is 1780 g/mol. The van der Waals surface area contributed by atoms with Gasteiger partial charge in [0.15, 0.2) is 0 Å².